The van der Waals surface area contributed by atoms with Crippen molar-refractivity contribution in [3.63, 3.8) is 0 Å². The smallest absolute Gasteiger partial charge is 0.141 e. The van der Waals surface area contributed by atoms with Crippen LogP contribution in [-0.2, 0) is 6.54 Å². The van der Waals surface area contributed by atoms with Crippen LogP contribution in [0.25, 0.3) is 10.7 Å². The first-order valence-corrected chi connectivity index (χ1v) is 7.26. The van der Waals surface area contributed by atoms with Crippen molar-refractivity contribution in [2.75, 3.05) is 0 Å². The van der Waals surface area contributed by atoms with Gasteiger partial charge >= 0.3 is 0 Å². The first kappa shape index (κ1) is 11.9. The van der Waals surface area contributed by atoms with E-state index in [-0.39, 0.29) is 0 Å². The van der Waals surface area contributed by atoms with Gasteiger partial charge in [-0.05, 0) is 12.8 Å². The summed E-state index contributed by atoms with van der Waals surface area (Å²) in [5, 5.41) is 4.50. The third-order valence-electron chi connectivity index (χ3n) is 3.06. The van der Waals surface area contributed by atoms with Gasteiger partial charge in [-0.1, -0.05) is 13.8 Å². The topological polar surface area (TPSA) is 42.7 Å². The van der Waals surface area contributed by atoms with Gasteiger partial charge in [0.1, 0.15) is 5.01 Å². The van der Waals surface area contributed by atoms with Crippen molar-refractivity contribution in [2.45, 2.75) is 45.3 Å². The van der Waals surface area contributed by atoms with E-state index >= 15 is 0 Å². The Morgan fingerprint density at radius 3 is 3.00 bits per heavy atom. The zero-order valence-electron chi connectivity index (χ0n) is 10.8. The average Bonchev–Trinajstić information content (AvgIpc) is 2.91. The van der Waals surface area contributed by atoms with Crippen LogP contribution in [0, 0.1) is 0 Å². The lowest BCUT2D eigenvalue weighted by molar-refractivity contribution is 0.593. The fourth-order valence-corrected chi connectivity index (χ4v) is 2.80. The molecule has 5 heteroatoms. The molecule has 0 saturated heterocycles. The third-order valence-corrected chi connectivity index (χ3v) is 4.08. The van der Waals surface area contributed by atoms with E-state index in [9.17, 15) is 0 Å². The van der Waals surface area contributed by atoms with Gasteiger partial charge in [0.2, 0.25) is 0 Å². The molecule has 4 nitrogen and oxygen atoms in total. The van der Waals surface area contributed by atoms with Gasteiger partial charge < -0.3 is 9.88 Å². The van der Waals surface area contributed by atoms with Crippen LogP contribution in [0.5, 0.6) is 0 Å². The molecular formula is C13H18N4S. The van der Waals surface area contributed by atoms with Crippen molar-refractivity contribution in [1.29, 1.82) is 0 Å². The molecule has 0 amide bonds. The molecular weight excluding hydrogens is 244 g/mol. The van der Waals surface area contributed by atoms with Crippen LogP contribution in [0.4, 0.5) is 0 Å². The van der Waals surface area contributed by atoms with Crippen molar-refractivity contribution in [1.82, 2.24) is 19.9 Å². The maximum Gasteiger partial charge on any atom is 0.141 e. The van der Waals surface area contributed by atoms with Crippen LogP contribution in [0.2, 0.25) is 0 Å². The Kier molecular flexibility index (Phi) is 3.18. The summed E-state index contributed by atoms with van der Waals surface area (Å²) in [5.41, 5.74) is 1.17. The van der Waals surface area contributed by atoms with Crippen LogP contribution in [0.1, 0.15) is 37.6 Å². The summed E-state index contributed by atoms with van der Waals surface area (Å²) < 4.78 is 2.26. The molecule has 1 N–H and O–H groups in total. The molecule has 1 saturated carbocycles. The van der Waals surface area contributed by atoms with Crippen LogP contribution >= 0.6 is 11.3 Å². The lowest BCUT2D eigenvalue weighted by Gasteiger charge is -2.05. The predicted octanol–water partition coefficient (Wildman–Crippen LogP) is 2.84. The maximum atomic E-state index is 4.53. The molecule has 0 aromatic carbocycles. The average molecular weight is 262 g/mol. The van der Waals surface area contributed by atoms with Crippen molar-refractivity contribution in [2.24, 2.45) is 0 Å². The molecule has 0 spiro atoms. The van der Waals surface area contributed by atoms with E-state index < -0.39 is 0 Å². The van der Waals surface area contributed by atoms with Crippen LogP contribution in [0.15, 0.2) is 18.7 Å². The minimum absolute atomic E-state index is 0.507. The monoisotopic (exact) mass is 262 g/mol. The van der Waals surface area contributed by atoms with Gasteiger partial charge in [0.05, 0.1) is 18.2 Å². The number of thiazole rings is 1. The molecule has 0 aliphatic heterocycles. The summed E-state index contributed by atoms with van der Waals surface area (Å²) in [5.74, 6) is 0. The van der Waals surface area contributed by atoms with Crippen molar-refractivity contribution >= 4 is 11.3 Å². The second-order valence-electron chi connectivity index (χ2n) is 5.08. The van der Waals surface area contributed by atoms with E-state index in [4.69, 9.17) is 0 Å². The molecule has 2 aromatic heterocycles. The van der Waals surface area contributed by atoms with Gasteiger partial charge in [-0.3, -0.25) is 0 Å². The molecule has 96 valence electrons. The number of nitrogens with zero attached hydrogens (tertiary/aromatic N) is 3. The summed E-state index contributed by atoms with van der Waals surface area (Å²) >= 11 is 1.76. The fourth-order valence-electron chi connectivity index (χ4n) is 1.93. The Balaban J connectivity index is 1.77. The number of aromatic nitrogens is 3. The lowest BCUT2D eigenvalue weighted by atomic mass is 10.4. The van der Waals surface area contributed by atoms with Gasteiger partial charge in [0.15, 0.2) is 0 Å². The third kappa shape index (κ3) is 2.47. The lowest BCUT2D eigenvalue weighted by Crippen LogP contribution is -2.21. The van der Waals surface area contributed by atoms with Gasteiger partial charge in [0.25, 0.3) is 0 Å². The zero-order valence-corrected chi connectivity index (χ0v) is 11.6. The highest BCUT2D eigenvalue weighted by Crippen LogP contribution is 2.38. The first-order chi connectivity index (χ1) is 8.74. The molecule has 3 rings (SSSR count). The molecule has 0 unspecified atom stereocenters. The molecule has 1 fully saturated rings. The highest BCUT2D eigenvalue weighted by atomic mass is 32.1. The van der Waals surface area contributed by atoms with Gasteiger partial charge in [-0.2, -0.15) is 0 Å². The van der Waals surface area contributed by atoms with E-state index in [1.807, 2.05) is 18.7 Å². The Hall–Kier alpha value is -1.20. The second kappa shape index (κ2) is 4.82. The standard InChI is InChI=1S/C13H18N4S/c1-9(2)15-5-11-6-16-13(18-11)12-7-14-8-17(12)10-3-4-10/h6-10,15H,3-5H2,1-2H3. The molecule has 18 heavy (non-hydrogen) atoms. The van der Waals surface area contributed by atoms with Crippen LogP contribution in [0.3, 0.4) is 0 Å². The Morgan fingerprint density at radius 1 is 1.44 bits per heavy atom. The highest BCUT2D eigenvalue weighted by molar-refractivity contribution is 7.15. The van der Waals surface area contributed by atoms with Crippen molar-refractivity contribution in [3.8, 4) is 10.7 Å². The largest absolute Gasteiger partial charge is 0.326 e. The molecule has 0 atom stereocenters. The molecule has 1 aliphatic carbocycles. The summed E-state index contributed by atoms with van der Waals surface area (Å²) in [4.78, 5) is 10.1. The summed E-state index contributed by atoms with van der Waals surface area (Å²) in [7, 11) is 0. The number of nitrogens with one attached hydrogen (secondary N) is 1. The van der Waals surface area contributed by atoms with Crippen molar-refractivity contribution < 1.29 is 0 Å². The van der Waals surface area contributed by atoms with Crippen LogP contribution in [-0.4, -0.2) is 20.6 Å². The van der Waals surface area contributed by atoms with Gasteiger partial charge in [-0.25, -0.2) is 9.97 Å². The number of hydrogen-bond acceptors (Lipinski definition) is 4. The van der Waals surface area contributed by atoms with Crippen LogP contribution < -0.4 is 5.32 Å². The van der Waals surface area contributed by atoms with Crippen molar-refractivity contribution in [3.05, 3.63) is 23.6 Å². The fraction of sp³-hybridized carbons (Fsp3) is 0.538. The minimum atomic E-state index is 0.507. The summed E-state index contributed by atoms with van der Waals surface area (Å²) in [6.07, 6.45) is 8.38. The Bertz CT molecular complexity index is 525. The quantitative estimate of drug-likeness (QED) is 0.901. The Morgan fingerprint density at radius 2 is 2.28 bits per heavy atom. The number of imidazole rings is 1. The molecule has 1 aliphatic rings. The van der Waals surface area contributed by atoms with Gasteiger partial charge in [0, 0.05) is 29.7 Å². The van der Waals surface area contributed by atoms with E-state index in [0.29, 0.717) is 12.1 Å². The predicted molar refractivity (Wildman–Crippen MR) is 73.6 cm³/mol. The summed E-state index contributed by atoms with van der Waals surface area (Å²) in [6, 6.07) is 1.16. The number of hydrogen-bond donors (Lipinski definition) is 1. The van der Waals surface area contributed by atoms with E-state index in [2.05, 4.69) is 33.7 Å². The zero-order chi connectivity index (χ0) is 12.5. The van der Waals surface area contributed by atoms with E-state index in [1.54, 1.807) is 11.3 Å². The second-order valence-corrected chi connectivity index (χ2v) is 6.20. The molecule has 0 bridgehead atoms. The SMILES string of the molecule is CC(C)NCc1cnc(-c2cncn2C2CC2)s1. The molecule has 0 radical (unpaired) electrons. The minimum Gasteiger partial charge on any atom is -0.326 e. The summed E-state index contributed by atoms with van der Waals surface area (Å²) in [6.45, 7) is 5.21. The number of rotatable bonds is 5. The van der Waals surface area contributed by atoms with Gasteiger partial charge in [-0.15, -0.1) is 11.3 Å². The molecule has 2 aromatic rings. The molecule has 2 heterocycles. The van der Waals surface area contributed by atoms with E-state index in [1.165, 1.54) is 23.4 Å². The highest BCUT2D eigenvalue weighted by Gasteiger charge is 2.26. The Labute approximate surface area is 111 Å². The van der Waals surface area contributed by atoms with E-state index in [0.717, 1.165) is 11.6 Å². The maximum absolute atomic E-state index is 4.53. The normalized spacial score (nSPS) is 15.5. The first-order valence-electron chi connectivity index (χ1n) is 6.44.